The second kappa shape index (κ2) is 9.82. The molecule has 5 N–H and O–H groups in total. The topological polar surface area (TPSA) is 84.4 Å². The Morgan fingerprint density at radius 2 is 1.71 bits per heavy atom. The molecule has 0 saturated heterocycles. The highest BCUT2D eigenvalue weighted by Crippen LogP contribution is 2.30. The Labute approximate surface area is 129 Å². The van der Waals surface area contributed by atoms with Gasteiger partial charge in [0.05, 0.1) is 5.69 Å². The van der Waals surface area contributed by atoms with Gasteiger partial charge in [0, 0.05) is 17.7 Å². The van der Waals surface area contributed by atoms with Crippen LogP contribution in [0.25, 0.3) is 0 Å². The molecule has 0 unspecified atom stereocenters. The van der Waals surface area contributed by atoms with Gasteiger partial charge in [0.2, 0.25) is 6.41 Å². The summed E-state index contributed by atoms with van der Waals surface area (Å²) < 4.78 is 0. The van der Waals surface area contributed by atoms with E-state index >= 15 is 0 Å². The third-order valence-electron chi connectivity index (χ3n) is 2.55. The summed E-state index contributed by atoms with van der Waals surface area (Å²) in [6.07, 6.45) is 0.403. The fraction of sp³-hybridized carbons (Fsp3) is 0.133. The molecule has 0 bridgehead atoms. The molecule has 0 aliphatic heterocycles. The summed E-state index contributed by atoms with van der Waals surface area (Å²) in [7, 11) is 1.86. The third-order valence-corrected chi connectivity index (χ3v) is 3.68. The van der Waals surface area contributed by atoms with Gasteiger partial charge in [0.25, 0.3) is 0 Å². The molecule has 5 nitrogen and oxygen atoms in total. The Morgan fingerprint density at radius 1 is 1.14 bits per heavy atom. The second-order valence-corrected chi connectivity index (χ2v) is 5.15. The molecular weight excluding hydrogens is 284 g/mol. The van der Waals surface area contributed by atoms with Crippen molar-refractivity contribution < 1.29 is 4.79 Å². The summed E-state index contributed by atoms with van der Waals surface area (Å²) in [6, 6.07) is 18.6. The van der Waals surface area contributed by atoms with Gasteiger partial charge in [-0.2, -0.15) is 0 Å². The molecular formula is C15H20N4OS. The fourth-order valence-electron chi connectivity index (χ4n) is 1.61. The smallest absolute Gasteiger partial charge is 0.221 e. The van der Waals surface area contributed by atoms with Crippen molar-refractivity contribution in [1.82, 2.24) is 5.43 Å². The highest BCUT2D eigenvalue weighted by molar-refractivity contribution is 7.98. The average molecular weight is 304 g/mol. The molecule has 0 aliphatic rings. The van der Waals surface area contributed by atoms with E-state index in [1.165, 1.54) is 10.5 Å². The molecule has 1 amide bonds. The lowest BCUT2D eigenvalue weighted by Gasteiger charge is -2.16. The van der Waals surface area contributed by atoms with Gasteiger partial charge in [-0.15, -0.1) is 11.8 Å². The Balaban J connectivity index is 0.000000491. The Hall–Kier alpha value is -2.02. The van der Waals surface area contributed by atoms with Gasteiger partial charge in [-0.05, 0) is 17.7 Å². The molecule has 0 fully saturated rings. The van der Waals surface area contributed by atoms with Crippen LogP contribution < -0.4 is 22.1 Å². The first-order valence-electron chi connectivity index (χ1n) is 6.33. The summed E-state index contributed by atoms with van der Waals surface area (Å²) in [5.74, 6) is 11.2. The zero-order valence-electron chi connectivity index (χ0n) is 11.9. The standard InChI is InChI=1S/C14H16N2S.CH4N2O/c1-16(15)13-9-5-6-10-14(13)17-11-12-7-3-2-4-8-12;2-3-1-4/h2-10H,11,15H2,1H3;1H,2H2,(H,3,4). The van der Waals surface area contributed by atoms with Gasteiger partial charge in [0.15, 0.2) is 0 Å². The van der Waals surface area contributed by atoms with Crippen LogP contribution >= 0.6 is 11.8 Å². The number of nitrogens with two attached hydrogens (primary N) is 2. The maximum atomic E-state index is 8.94. The zero-order valence-corrected chi connectivity index (χ0v) is 12.7. The molecule has 0 aromatic heterocycles. The minimum absolute atomic E-state index is 0.403. The molecule has 21 heavy (non-hydrogen) atoms. The van der Waals surface area contributed by atoms with E-state index in [4.69, 9.17) is 10.6 Å². The summed E-state index contributed by atoms with van der Waals surface area (Å²) in [4.78, 5) is 10.1. The number of para-hydroxylation sites is 1. The number of benzene rings is 2. The van der Waals surface area contributed by atoms with E-state index in [-0.39, 0.29) is 0 Å². The van der Waals surface area contributed by atoms with Crippen LogP contribution in [-0.2, 0) is 10.5 Å². The van der Waals surface area contributed by atoms with E-state index in [0.29, 0.717) is 6.41 Å². The van der Waals surface area contributed by atoms with Crippen LogP contribution in [0.4, 0.5) is 5.69 Å². The van der Waals surface area contributed by atoms with Crippen LogP contribution in [0, 0.1) is 0 Å². The molecule has 0 atom stereocenters. The van der Waals surface area contributed by atoms with E-state index in [2.05, 4.69) is 36.2 Å². The van der Waals surface area contributed by atoms with Crippen molar-refractivity contribution in [2.45, 2.75) is 10.6 Å². The lowest BCUT2D eigenvalue weighted by molar-refractivity contribution is -0.109. The lowest BCUT2D eigenvalue weighted by atomic mass is 10.2. The quantitative estimate of drug-likeness (QED) is 0.258. The van der Waals surface area contributed by atoms with Crippen molar-refractivity contribution in [2.75, 3.05) is 12.1 Å². The number of hydrazine groups is 2. The van der Waals surface area contributed by atoms with Crippen LogP contribution in [0.5, 0.6) is 0 Å². The van der Waals surface area contributed by atoms with Gasteiger partial charge in [-0.25, -0.2) is 11.7 Å². The monoisotopic (exact) mass is 304 g/mol. The molecule has 2 rings (SSSR count). The van der Waals surface area contributed by atoms with E-state index in [0.717, 1.165) is 11.4 Å². The fourth-order valence-corrected chi connectivity index (χ4v) is 2.66. The number of carbonyl (C=O) groups excluding carboxylic acids is 1. The van der Waals surface area contributed by atoms with Gasteiger partial charge in [-0.1, -0.05) is 42.5 Å². The minimum Gasteiger partial charge on any atom is -0.313 e. The molecule has 0 spiro atoms. The highest BCUT2D eigenvalue weighted by atomic mass is 32.2. The maximum Gasteiger partial charge on any atom is 0.221 e. The maximum absolute atomic E-state index is 8.94. The Bertz CT molecular complexity index is 534. The van der Waals surface area contributed by atoms with Crippen LogP contribution in [0.3, 0.4) is 0 Å². The Kier molecular flexibility index (Phi) is 7.96. The first-order valence-corrected chi connectivity index (χ1v) is 7.31. The van der Waals surface area contributed by atoms with Crippen molar-refractivity contribution in [3.8, 4) is 0 Å². The molecule has 0 heterocycles. The first kappa shape index (κ1) is 17.0. The molecule has 6 heteroatoms. The number of thioether (sulfide) groups is 1. The summed E-state index contributed by atoms with van der Waals surface area (Å²) >= 11 is 1.81. The largest absolute Gasteiger partial charge is 0.313 e. The van der Waals surface area contributed by atoms with Gasteiger partial charge in [-0.3, -0.25) is 10.2 Å². The number of carbonyl (C=O) groups is 1. The molecule has 0 radical (unpaired) electrons. The van der Waals surface area contributed by atoms with Crippen molar-refractivity contribution >= 4 is 23.9 Å². The second-order valence-electron chi connectivity index (χ2n) is 4.14. The number of nitrogens with one attached hydrogen (secondary N) is 1. The van der Waals surface area contributed by atoms with Crippen LogP contribution in [0.15, 0.2) is 59.5 Å². The lowest BCUT2D eigenvalue weighted by Crippen LogP contribution is -2.25. The first-order chi connectivity index (χ1) is 10.2. The van der Waals surface area contributed by atoms with Crippen LogP contribution in [0.1, 0.15) is 5.56 Å². The molecule has 0 saturated carbocycles. The number of hydrogen-bond acceptors (Lipinski definition) is 5. The van der Waals surface area contributed by atoms with Gasteiger partial charge < -0.3 is 5.01 Å². The van der Waals surface area contributed by atoms with Gasteiger partial charge in [0.1, 0.15) is 0 Å². The number of rotatable bonds is 5. The van der Waals surface area contributed by atoms with Crippen molar-refractivity contribution in [2.24, 2.45) is 11.7 Å². The summed E-state index contributed by atoms with van der Waals surface area (Å²) in [5, 5.41) is 1.66. The molecule has 2 aromatic rings. The minimum atomic E-state index is 0.403. The van der Waals surface area contributed by atoms with Crippen LogP contribution in [-0.4, -0.2) is 13.5 Å². The van der Waals surface area contributed by atoms with Crippen molar-refractivity contribution in [3.63, 3.8) is 0 Å². The normalized spacial score (nSPS) is 9.29. The van der Waals surface area contributed by atoms with Gasteiger partial charge >= 0.3 is 0 Å². The number of anilines is 1. The summed E-state index contributed by atoms with van der Waals surface area (Å²) in [5.41, 5.74) is 4.14. The number of hydrogen-bond donors (Lipinski definition) is 3. The molecule has 112 valence electrons. The highest BCUT2D eigenvalue weighted by Gasteiger charge is 2.04. The van der Waals surface area contributed by atoms with Crippen LogP contribution in [0.2, 0.25) is 0 Å². The van der Waals surface area contributed by atoms with E-state index in [9.17, 15) is 0 Å². The predicted octanol–water partition coefficient (Wildman–Crippen LogP) is 1.89. The number of nitrogens with zero attached hydrogens (tertiary/aromatic N) is 1. The van der Waals surface area contributed by atoms with E-state index < -0.39 is 0 Å². The van der Waals surface area contributed by atoms with Crippen molar-refractivity contribution in [3.05, 3.63) is 60.2 Å². The van der Waals surface area contributed by atoms with Crippen molar-refractivity contribution in [1.29, 1.82) is 0 Å². The number of amides is 1. The summed E-state index contributed by atoms with van der Waals surface area (Å²) in [6.45, 7) is 0. The van der Waals surface area contributed by atoms with E-state index in [1.54, 1.807) is 22.2 Å². The predicted molar refractivity (Wildman–Crippen MR) is 88.4 cm³/mol. The average Bonchev–Trinajstić information content (AvgIpc) is 2.54. The molecule has 2 aromatic carbocycles. The third kappa shape index (κ3) is 6.31. The van der Waals surface area contributed by atoms with E-state index in [1.807, 2.05) is 31.3 Å². The Morgan fingerprint density at radius 3 is 2.29 bits per heavy atom. The molecule has 0 aliphatic carbocycles. The zero-order chi connectivity index (χ0) is 15.5. The SMILES string of the molecule is CN(N)c1ccccc1SCc1ccccc1.NNC=O.